The Morgan fingerprint density at radius 1 is 0.486 bits per heavy atom. The summed E-state index contributed by atoms with van der Waals surface area (Å²) in [5, 5.41) is 15.0. The Balaban J connectivity index is 1.25. The highest BCUT2D eigenvalue weighted by atomic mass is 16.6. The number of hydrogen-bond acceptors (Lipinski definition) is 9. The fourth-order valence-electron chi connectivity index (χ4n) is 9.81. The number of carbonyl (C=O) groups is 2. The van der Waals surface area contributed by atoms with Gasteiger partial charge in [0, 0.05) is 44.3 Å². The molecule has 3 aliphatic heterocycles. The molecule has 351 valence electrons. The van der Waals surface area contributed by atoms with E-state index >= 15 is 0 Å². The third-order valence-electron chi connectivity index (χ3n) is 13.1. The van der Waals surface area contributed by atoms with Crippen molar-refractivity contribution in [1.29, 1.82) is 0 Å². The van der Waals surface area contributed by atoms with E-state index in [9.17, 15) is 14.8 Å². The molecule has 0 atom stereocenters. The molecule has 0 saturated heterocycles. The average molecular weight is 931 g/mol. The topological polar surface area (TPSA) is 152 Å². The molecule has 10 rings (SSSR count). The predicted molar refractivity (Wildman–Crippen MR) is 273 cm³/mol. The van der Waals surface area contributed by atoms with Crippen molar-refractivity contribution < 1.29 is 33.7 Å². The first kappa shape index (κ1) is 45.7. The van der Waals surface area contributed by atoms with Gasteiger partial charge >= 0.3 is 11.9 Å². The van der Waals surface area contributed by atoms with E-state index in [4.69, 9.17) is 28.9 Å². The zero-order chi connectivity index (χ0) is 48.7. The molecule has 8 bridgehead atoms. The molecule has 6 heterocycles. The van der Waals surface area contributed by atoms with Crippen molar-refractivity contribution in [2.45, 2.75) is 52.6 Å². The molecular weight excluding hydrogens is 879 g/mol. The smallest absolute Gasteiger partial charge is 0.344 e. The van der Waals surface area contributed by atoms with E-state index in [1.54, 1.807) is 13.8 Å². The quantitative estimate of drug-likeness (QED) is 0.114. The summed E-state index contributed by atoms with van der Waals surface area (Å²) in [4.78, 5) is 42.7. The normalized spacial score (nSPS) is 14.3. The monoisotopic (exact) mass is 930 g/mol. The van der Waals surface area contributed by atoms with Crippen molar-refractivity contribution in [3.05, 3.63) is 155 Å². The molecule has 3 aliphatic rings. The summed E-state index contributed by atoms with van der Waals surface area (Å²) in [5.74, 6) is 0.178. The highest BCUT2D eigenvalue weighted by molar-refractivity contribution is 6.00. The maximum absolute atomic E-state index is 13.9. The molecule has 3 aromatic heterocycles. The molecule has 4 aromatic carbocycles. The van der Waals surface area contributed by atoms with Crippen LogP contribution in [0.3, 0.4) is 0 Å². The van der Waals surface area contributed by atoms with Gasteiger partial charge in [-0.05, 0) is 154 Å². The van der Waals surface area contributed by atoms with Gasteiger partial charge in [-0.25, -0.2) is 19.6 Å². The molecule has 0 aliphatic carbocycles. The number of carbonyl (C=O) groups excluding carboxylic acids is 2. The third kappa shape index (κ3) is 8.45. The number of aromatic nitrogens is 4. The Kier molecular flexibility index (Phi) is 12.0. The van der Waals surface area contributed by atoms with Gasteiger partial charge in [-0.15, -0.1) is 10.3 Å². The predicted octanol–water partition coefficient (Wildman–Crippen LogP) is 12.3. The van der Waals surface area contributed by atoms with E-state index < -0.39 is 23.0 Å². The lowest BCUT2D eigenvalue weighted by molar-refractivity contribution is -0.266. The van der Waals surface area contributed by atoms with Crippen LogP contribution in [-0.2, 0) is 35.3 Å². The maximum atomic E-state index is 13.9. The summed E-state index contributed by atoms with van der Waals surface area (Å²) in [5.41, 5.74) is 13.7. The van der Waals surface area contributed by atoms with E-state index in [1.165, 1.54) is 5.06 Å². The van der Waals surface area contributed by atoms with Crippen LogP contribution < -0.4 is 9.47 Å². The van der Waals surface area contributed by atoms with Crippen LogP contribution in [0.5, 0.6) is 11.5 Å². The van der Waals surface area contributed by atoms with Crippen molar-refractivity contribution in [2.75, 3.05) is 26.4 Å². The van der Waals surface area contributed by atoms with E-state index in [0.717, 1.165) is 100 Å². The number of esters is 2. The summed E-state index contributed by atoms with van der Waals surface area (Å²) in [6.07, 6.45) is 8.16. The number of fused-ring (bicyclic) bond motifs is 9. The fourth-order valence-corrected chi connectivity index (χ4v) is 9.81. The fraction of sp³-hybridized carbons (Fsp3) is 0.207. The Hall–Kier alpha value is -8.06. The van der Waals surface area contributed by atoms with Gasteiger partial charge in [0.15, 0.2) is 13.2 Å². The second kappa shape index (κ2) is 18.4. The number of benzene rings is 4. The van der Waals surface area contributed by atoms with Crippen molar-refractivity contribution in [2.24, 2.45) is 0 Å². The van der Waals surface area contributed by atoms with Gasteiger partial charge in [0.05, 0.1) is 47.1 Å². The standard InChI is InChI=1S/C58H52N5O7/c1-7-67-51(64)33-69-39-19-14-36(15-20-39)54-45-26-24-43(59-45)53(35-12-10-9-11-13-35)44-25-27-46(60-44)55(37-16-21-40(22-17-37)70-34-52(65)68-8-2)48-29-31-50(62-48)56(49-30-28-47(54)61-49)38-18-23-41-42(32-38)58(5,6)63(66)57(41,3)4/h9-32,59,62H,7-8,33-34H2,1-6H3. The van der Waals surface area contributed by atoms with Gasteiger partial charge in [0.2, 0.25) is 0 Å². The van der Waals surface area contributed by atoms with Crippen molar-refractivity contribution in [3.63, 3.8) is 0 Å². The molecule has 70 heavy (non-hydrogen) atoms. The Bertz CT molecular complexity index is 3340. The zero-order valence-corrected chi connectivity index (χ0v) is 39.9. The summed E-state index contributed by atoms with van der Waals surface area (Å²) in [6.45, 7) is 11.6. The number of nitrogens with zero attached hydrogens (tertiary/aromatic N) is 3. The van der Waals surface area contributed by atoms with Crippen molar-refractivity contribution >= 4 is 58.3 Å². The largest absolute Gasteiger partial charge is 0.482 e. The molecular formula is C58H52N5O7. The first-order valence-corrected chi connectivity index (χ1v) is 23.5. The summed E-state index contributed by atoms with van der Waals surface area (Å²) in [7, 11) is 0. The van der Waals surface area contributed by atoms with Crippen LogP contribution >= 0.6 is 0 Å². The van der Waals surface area contributed by atoms with Crippen LogP contribution in [0, 0.1) is 0 Å². The van der Waals surface area contributed by atoms with E-state index in [2.05, 4.69) is 64.6 Å². The van der Waals surface area contributed by atoms with Crippen LogP contribution in [-0.4, -0.2) is 63.4 Å². The molecule has 0 unspecified atom stereocenters. The Morgan fingerprint density at radius 2 is 0.857 bits per heavy atom. The number of hydrogen-bond donors (Lipinski definition) is 2. The van der Waals surface area contributed by atoms with Crippen LogP contribution in [0.15, 0.2) is 121 Å². The minimum absolute atomic E-state index is 0.199. The number of aromatic amines is 2. The second-order valence-electron chi connectivity index (χ2n) is 18.3. The van der Waals surface area contributed by atoms with Gasteiger partial charge in [0.25, 0.3) is 0 Å². The summed E-state index contributed by atoms with van der Waals surface area (Å²) < 4.78 is 21.8. The second-order valence-corrected chi connectivity index (χ2v) is 18.3. The number of rotatable bonds is 12. The molecule has 2 N–H and O–H groups in total. The first-order valence-electron chi connectivity index (χ1n) is 23.5. The van der Waals surface area contributed by atoms with Crippen LogP contribution in [0.4, 0.5) is 0 Å². The molecule has 1 radical (unpaired) electrons. The number of nitrogens with one attached hydrogen (secondary N) is 2. The molecule has 0 amide bonds. The molecule has 0 fully saturated rings. The van der Waals surface area contributed by atoms with Gasteiger partial charge in [0.1, 0.15) is 11.5 Å². The lowest BCUT2D eigenvalue weighted by Crippen LogP contribution is -2.41. The molecule has 0 spiro atoms. The lowest BCUT2D eigenvalue weighted by atomic mass is 9.87. The maximum Gasteiger partial charge on any atom is 0.344 e. The lowest BCUT2D eigenvalue weighted by Gasteiger charge is -2.32. The SMILES string of the molecule is CCOC(=O)COc1ccc(-c2c3nc(c(-c4ccc5c(c4)C(C)(C)N([O])C5(C)C)c4ccc([nH]4)c(-c4ccc(OCC(=O)OCC)cc4)c4nc(c(-c5ccccc5)c5ccc2[nH]5)C=C4)C=C3)cc1. The molecule has 12 heteroatoms. The van der Waals surface area contributed by atoms with Crippen molar-refractivity contribution in [1.82, 2.24) is 25.0 Å². The third-order valence-corrected chi connectivity index (χ3v) is 13.1. The Morgan fingerprint density at radius 3 is 1.27 bits per heavy atom. The number of H-pyrrole nitrogens is 2. The van der Waals surface area contributed by atoms with E-state index in [1.807, 2.05) is 119 Å². The minimum atomic E-state index is -0.790. The Labute approximate surface area is 405 Å². The molecule has 12 nitrogen and oxygen atoms in total. The average Bonchev–Trinajstić information content (AvgIpc) is 4.23. The highest BCUT2D eigenvalue weighted by Gasteiger charge is 2.50. The van der Waals surface area contributed by atoms with Crippen LogP contribution in [0.1, 0.15) is 75.4 Å². The van der Waals surface area contributed by atoms with Crippen LogP contribution in [0.2, 0.25) is 0 Å². The van der Waals surface area contributed by atoms with E-state index in [-0.39, 0.29) is 26.4 Å². The van der Waals surface area contributed by atoms with Crippen molar-refractivity contribution in [3.8, 4) is 56.0 Å². The minimum Gasteiger partial charge on any atom is -0.482 e. The zero-order valence-electron chi connectivity index (χ0n) is 39.9. The summed E-state index contributed by atoms with van der Waals surface area (Å²) >= 11 is 0. The summed E-state index contributed by atoms with van der Waals surface area (Å²) in [6, 6.07) is 40.0. The highest BCUT2D eigenvalue weighted by Crippen LogP contribution is 2.50. The van der Waals surface area contributed by atoms with Gasteiger partial charge in [-0.3, -0.25) is 0 Å². The van der Waals surface area contributed by atoms with Gasteiger partial charge in [-0.1, -0.05) is 66.7 Å². The number of ether oxygens (including phenoxy) is 4. The molecule has 7 aromatic rings. The number of hydroxylamine groups is 2. The molecule has 0 saturated carbocycles. The van der Waals surface area contributed by atoms with E-state index in [0.29, 0.717) is 11.5 Å². The van der Waals surface area contributed by atoms with Gasteiger partial charge < -0.3 is 28.9 Å². The first-order chi connectivity index (χ1) is 33.8. The van der Waals surface area contributed by atoms with Crippen LogP contribution in [0.25, 0.3) is 90.9 Å². The van der Waals surface area contributed by atoms with Gasteiger partial charge in [-0.2, -0.15) is 0 Å².